The summed E-state index contributed by atoms with van der Waals surface area (Å²) in [6.45, 7) is 0.850. The molecule has 1 aromatic heterocycles. The molecule has 1 saturated heterocycles. The molecule has 0 saturated carbocycles. The fourth-order valence-electron chi connectivity index (χ4n) is 1.47. The van der Waals surface area contributed by atoms with Gasteiger partial charge in [-0.15, -0.1) is 0 Å². The third kappa shape index (κ3) is 1.50. The predicted octanol–water partition coefficient (Wildman–Crippen LogP) is 1.32. The second-order valence-electron chi connectivity index (χ2n) is 3.00. The molecule has 66 valence electrons. The first-order chi connectivity index (χ1) is 5.88. The molecule has 0 aromatic carbocycles. The summed E-state index contributed by atoms with van der Waals surface area (Å²) in [6.07, 6.45) is 2.38. The maximum Gasteiger partial charge on any atom is 0.0784 e. The summed E-state index contributed by atoms with van der Waals surface area (Å²) in [6, 6.07) is 1.94. The van der Waals surface area contributed by atoms with E-state index in [4.69, 9.17) is 10.5 Å². The van der Waals surface area contributed by atoms with Gasteiger partial charge in [0, 0.05) is 12.0 Å². The average molecular weight is 184 g/mol. The molecule has 0 amide bonds. The Kier molecular flexibility index (Phi) is 2.39. The molecule has 2 N–H and O–H groups in total. The lowest BCUT2D eigenvalue weighted by molar-refractivity contribution is 0.0892. The van der Waals surface area contributed by atoms with E-state index in [0.717, 1.165) is 25.1 Å². The van der Waals surface area contributed by atoms with Crippen LogP contribution in [-0.2, 0) is 4.74 Å². The van der Waals surface area contributed by atoms with E-state index in [1.54, 1.807) is 0 Å². The fourth-order valence-corrected chi connectivity index (χ4v) is 2.04. The second-order valence-corrected chi connectivity index (χ2v) is 3.67. The minimum Gasteiger partial charge on any atom is -0.376 e. The van der Waals surface area contributed by atoms with Crippen molar-refractivity contribution in [2.45, 2.75) is 25.0 Å². The second kappa shape index (κ2) is 3.51. The Labute approximate surface area is 75.7 Å². The van der Waals surface area contributed by atoms with Gasteiger partial charge in [-0.05, 0) is 30.4 Å². The highest BCUT2D eigenvalue weighted by molar-refractivity contribution is 7.03. The molecule has 2 rings (SSSR count). The van der Waals surface area contributed by atoms with Gasteiger partial charge in [0.25, 0.3) is 0 Å². The lowest BCUT2D eigenvalue weighted by atomic mass is 10.1. The summed E-state index contributed by atoms with van der Waals surface area (Å²) < 4.78 is 9.68. The quantitative estimate of drug-likeness (QED) is 0.754. The van der Waals surface area contributed by atoms with Gasteiger partial charge in [0.15, 0.2) is 0 Å². The maximum absolute atomic E-state index is 5.96. The number of nitrogens with zero attached hydrogens (tertiary/aromatic N) is 1. The molecule has 1 aromatic rings. The molecule has 1 aliphatic rings. The number of rotatable bonds is 2. The fraction of sp³-hybridized carbons (Fsp3) is 0.625. The van der Waals surface area contributed by atoms with E-state index in [1.165, 1.54) is 11.5 Å². The van der Waals surface area contributed by atoms with E-state index in [1.807, 2.05) is 11.4 Å². The number of hydrogen-bond donors (Lipinski definition) is 1. The smallest absolute Gasteiger partial charge is 0.0784 e. The van der Waals surface area contributed by atoms with Gasteiger partial charge in [-0.2, -0.15) is 4.37 Å². The van der Waals surface area contributed by atoms with Crippen molar-refractivity contribution in [2.75, 3.05) is 6.61 Å². The molecule has 0 bridgehead atoms. The lowest BCUT2D eigenvalue weighted by Crippen LogP contribution is -2.25. The molecule has 0 spiro atoms. The van der Waals surface area contributed by atoms with Crippen LogP contribution in [0.1, 0.15) is 24.6 Å². The Balaban J connectivity index is 2.04. The van der Waals surface area contributed by atoms with Crippen molar-refractivity contribution in [3.8, 4) is 0 Å². The van der Waals surface area contributed by atoms with E-state index in [9.17, 15) is 0 Å². The van der Waals surface area contributed by atoms with Crippen LogP contribution in [0.4, 0.5) is 0 Å². The van der Waals surface area contributed by atoms with E-state index in [-0.39, 0.29) is 12.1 Å². The molecule has 1 aliphatic heterocycles. The van der Waals surface area contributed by atoms with Crippen LogP contribution in [0.3, 0.4) is 0 Å². The molecule has 1 fully saturated rings. The van der Waals surface area contributed by atoms with Gasteiger partial charge in [-0.3, -0.25) is 0 Å². The summed E-state index contributed by atoms with van der Waals surface area (Å²) in [4.78, 5) is 0. The third-order valence-electron chi connectivity index (χ3n) is 2.16. The van der Waals surface area contributed by atoms with Crippen LogP contribution in [0, 0.1) is 0 Å². The minimum absolute atomic E-state index is 0.0289. The van der Waals surface area contributed by atoms with Crippen molar-refractivity contribution in [3.05, 3.63) is 17.1 Å². The first-order valence-electron chi connectivity index (χ1n) is 4.15. The minimum atomic E-state index is -0.0289. The molecular formula is C8H12N2OS. The number of hydrogen-bond acceptors (Lipinski definition) is 4. The molecule has 0 aliphatic carbocycles. The predicted molar refractivity (Wildman–Crippen MR) is 48.0 cm³/mol. The molecule has 3 nitrogen and oxygen atoms in total. The molecule has 2 unspecified atom stereocenters. The summed E-state index contributed by atoms with van der Waals surface area (Å²) in [7, 11) is 0. The third-order valence-corrected chi connectivity index (χ3v) is 2.74. The maximum atomic E-state index is 5.96. The van der Waals surface area contributed by atoms with Crippen molar-refractivity contribution in [3.63, 3.8) is 0 Å². The Morgan fingerprint density at radius 1 is 1.75 bits per heavy atom. The zero-order valence-electron chi connectivity index (χ0n) is 6.77. The molecule has 12 heavy (non-hydrogen) atoms. The zero-order valence-corrected chi connectivity index (χ0v) is 7.59. The van der Waals surface area contributed by atoms with Gasteiger partial charge in [-0.25, -0.2) is 0 Å². The molecular weight excluding hydrogens is 172 g/mol. The molecule has 2 heterocycles. The van der Waals surface area contributed by atoms with Gasteiger partial charge in [0.05, 0.1) is 17.8 Å². The first kappa shape index (κ1) is 8.16. The van der Waals surface area contributed by atoms with Crippen LogP contribution in [0.15, 0.2) is 11.4 Å². The van der Waals surface area contributed by atoms with Gasteiger partial charge >= 0.3 is 0 Å². The zero-order chi connectivity index (χ0) is 8.39. The van der Waals surface area contributed by atoms with Crippen LogP contribution in [0.2, 0.25) is 0 Å². The highest BCUT2D eigenvalue weighted by atomic mass is 32.1. The van der Waals surface area contributed by atoms with Crippen LogP contribution in [0.25, 0.3) is 0 Å². The van der Waals surface area contributed by atoms with Crippen molar-refractivity contribution >= 4 is 11.5 Å². The largest absolute Gasteiger partial charge is 0.376 e. The molecule has 4 heteroatoms. The van der Waals surface area contributed by atoms with E-state index < -0.39 is 0 Å². The summed E-state index contributed by atoms with van der Waals surface area (Å²) in [5, 5.41) is 1.95. The Morgan fingerprint density at radius 3 is 3.25 bits per heavy atom. The van der Waals surface area contributed by atoms with Crippen molar-refractivity contribution < 1.29 is 4.74 Å². The van der Waals surface area contributed by atoms with E-state index >= 15 is 0 Å². The van der Waals surface area contributed by atoms with Crippen LogP contribution in [-0.4, -0.2) is 17.1 Å². The Hall–Kier alpha value is -0.450. The molecule has 0 radical (unpaired) electrons. The normalized spacial score (nSPS) is 25.9. The van der Waals surface area contributed by atoms with Crippen molar-refractivity contribution in [2.24, 2.45) is 5.73 Å². The standard InChI is InChI=1S/C8H12N2OS/c9-8(6-3-5-12-10-6)7-2-1-4-11-7/h3,5,7-8H,1-2,4,9H2. The molecule has 2 atom stereocenters. The Morgan fingerprint density at radius 2 is 2.67 bits per heavy atom. The van der Waals surface area contributed by atoms with Gasteiger partial charge in [0.1, 0.15) is 0 Å². The van der Waals surface area contributed by atoms with Gasteiger partial charge < -0.3 is 10.5 Å². The summed E-state index contributed by atoms with van der Waals surface area (Å²) >= 11 is 1.44. The van der Waals surface area contributed by atoms with Crippen molar-refractivity contribution in [1.82, 2.24) is 4.37 Å². The van der Waals surface area contributed by atoms with Gasteiger partial charge in [0.2, 0.25) is 0 Å². The summed E-state index contributed by atoms with van der Waals surface area (Å²) in [5.74, 6) is 0. The number of aromatic nitrogens is 1. The summed E-state index contributed by atoms with van der Waals surface area (Å²) in [5.41, 5.74) is 6.93. The first-order valence-corrected chi connectivity index (χ1v) is 4.99. The SMILES string of the molecule is NC(c1ccsn1)C1CCCO1. The highest BCUT2D eigenvalue weighted by Crippen LogP contribution is 2.24. The van der Waals surface area contributed by atoms with Crippen molar-refractivity contribution in [1.29, 1.82) is 0 Å². The van der Waals surface area contributed by atoms with Crippen LogP contribution < -0.4 is 5.73 Å². The average Bonchev–Trinajstić information content (AvgIpc) is 2.77. The number of ether oxygens (including phenoxy) is 1. The van der Waals surface area contributed by atoms with E-state index in [2.05, 4.69) is 4.37 Å². The van der Waals surface area contributed by atoms with Crippen LogP contribution >= 0.6 is 11.5 Å². The lowest BCUT2D eigenvalue weighted by Gasteiger charge is -2.15. The van der Waals surface area contributed by atoms with Gasteiger partial charge in [-0.1, -0.05) is 0 Å². The number of nitrogens with two attached hydrogens (primary N) is 1. The monoisotopic (exact) mass is 184 g/mol. The van der Waals surface area contributed by atoms with E-state index in [0.29, 0.717) is 0 Å². The Bertz CT molecular complexity index is 231. The topological polar surface area (TPSA) is 48.1 Å². The van der Waals surface area contributed by atoms with Crippen LogP contribution in [0.5, 0.6) is 0 Å². The highest BCUT2D eigenvalue weighted by Gasteiger charge is 2.25.